The maximum absolute atomic E-state index is 5.04. The molecular weight excluding hydrogens is 458 g/mol. The molecule has 37 heavy (non-hydrogen) atoms. The van der Waals surface area contributed by atoms with Crippen LogP contribution in [0.5, 0.6) is 0 Å². The first kappa shape index (κ1) is 22.8. The van der Waals surface area contributed by atoms with Gasteiger partial charge in [0.05, 0.1) is 22.9 Å². The molecule has 0 atom stereocenters. The van der Waals surface area contributed by atoms with Gasteiger partial charge in [0.15, 0.2) is 0 Å². The van der Waals surface area contributed by atoms with Crippen LogP contribution in [0, 0.1) is 0 Å². The Morgan fingerprint density at radius 1 is 0.838 bits per heavy atom. The fraction of sp³-hybridized carbons (Fsp3) is 0.167. The largest absolute Gasteiger partial charge is 0.322 e. The van der Waals surface area contributed by atoms with Gasteiger partial charge in [-0.3, -0.25) is 4.98 Å². The maximum Gasteiger partial charge on any atom is 0.205 e. The molecule has 6 rings (SSSR count). The number of tetrazole rings is 1. The number of H-pyrrole nitrogens is 1. The van der Waals surface area contributed by atoms with Gasteiger partial charge in [0.1, 0.15) is 5.82 Å². The van der Waals surface area contributed by atoms with Crippen LogP contribution in [0.25, 0.3) is 44.8 Å². The number of unbranched alkanes of at least 4 members (excludes halogenated alkanes) is 1. The number of fused-ring (bicyclic) bond motifs is 1. The van der Waals surface area contributed by atoms with E-state index in [2.05, 4.69) is 80.6 Å². The molecule has 1 N–H and O–H groups in total. The summed E-state index contributed by atoms with van der Waals surface area (Å²) in [4.78, 5) is 9.82. The number of pyridine rings is 1. The first-order valence-corrected chi connectivity index (χ1v) is 12.6. The normalized spacial score (nSPS) is 11.3. The number of imidazole rings is 1. The van der Waals surface area contributed by atoms with E-state index < -0.39 is 0 Å². The molecule has 7 heteroatoms. The predicted octanol–water partition coefficient (Wildman–Crippen LogP) is 6.34. The third-order valence-electron chi connectivity index (χ3n) is 6.66. The van der Waals surface area contributed by atoms with Crippen molar-refractivity contribution in [2.45, 2.75) is 32.7 Å². The lowest BCUT2D eigenvalue weighted by molar-refractivity contribution is 0.689. The Morgan fingerprint density at radius 2 is 1.62 bits per heavy atom. The summed E-state index contributed by atoms with van der Waals surface area (Å²) in [6, 6.07) is 29.2. The molecule has 0 aliphatic carbocycles. The topological polar surface area (TPSA) is 85.2 Å². The Morgan fingerprint density at radius 3 is 2.38 bits per heavy atom. The number of benzene rings is 3. The average Bonchev–Trinajstić information content (AvgIpc) is 3.61. The van der Waals surface area contributed by atoms with Gasteiger partial charge >= 0.3 is 0 Å². The highest BCUT2D eigenvalue weighted by Gasteiger charge is 2.14. The van der Waals surface area contributed by atoms with Crippen molar-refractivity contribution >= 4 is 11.0 Å². The fourth-order valence-corrected chi connectivity index (χ4v) is 4.72. The van der Waals surface area contributed by atoms with Crippen LogP contribution in [-0.2, 0) is 13.0 Å². The van der Waals surface area contributed by atoms with Crippen LogP contribution < -0.4 is 0 Å². The Labute approximate surface area is 215 Å². The van der Waals surface area contributed by atoms with Crippen LogP contribution in [0.15, 0.2) is 91.1 Å². The molecule has 0 saturated heterocycles. The van der Waals surface area contributed by atoms with Crippen LogP contribution in [-0.4, -0.2) is 35.2 Å². The molecule has 3 aromatic carbocycles. The zero-order valence-corrected chi connectivity index (χ0v) is 20.7. The Bertz CT molecular complexity index is 1620. The summed E-state index contributed by atoms with van der Waals surface area (Å²) in [6.07, 6.45) is 5.15. The van der Waals surface area contributed by atoms with Crippen LogP contribution in [0.2, 0.25) is 0 Å². The van der Waals surface area contributed by atoms with E-state index in [0.717, 1.165) is 70.6 Å². The molecule has 0 amide bonds. The van der Waals surface area contributed by atoms with Gasteiger partial charge in [0, 0.05) is 24.1 Å². The summed E-state index contributed by atoms with van der Waals surface area (Å²) in [7, 11) is 0. The highest BCUT2D eigenvalue weighted by Crippen LogP contribution is 2.30. The van der Waals surface area contributed by atoms with Crippen molar-refractivity contribution < 1.29 is 0 Å². The van der Waals surface area contributed by atoms with Crippen LogP contribution >= 0.6 is 0 Å². The summed E-state index contributed by atoms with van der Waals surface area (Å²) in [5, 5.41) is 14.6. The molecule has 6 aromatic rings. The molecule has 0 aliphatic heterocycles. The highest BCUT2D eigenvalue weighted by atomic mass is 15.5. The van der Waals surface area contributed by atoms with Gasteiger partial charge in [-0.05, 0) is 34.4 Å². The molecule has 0 bridgehead atoms. The van der Waals surface area contributed by atoms with E-state index in [1.54, 1.807) is 0 Å². The van der Waals surface area contributed by atoms with Crippen molar-refractivity contribution in [2.24, 2.45) is 0 Å². The summed E-state index contributed by atoms with van der Waals surface area (Å²) >= 11 is 0. The van der Waals surface area contributed by atoms with E-state index >= 15 is 0 Å². The average molecular weight is 486 g/mol. The fourth-order valence-electron chi connectivity index (χ4n) is 4.72. The Balaban J connectivity index is 1.33. The Hall–Kier alpha value is -4.65. The zero-order valence-electron chi connectivity index (χ0n) is 20.7. The van der Waals surface area contributed by atoms with Gasteiger partial charge in [-0.2, -0.15) is 5.21 Å². The third kappa shape index (κ3) is 4.63. The lowest BCUT2D eigenvalue weighted by Crippen LogP contribution is -2.05. The van der Waals surface area contributed by atoms with Gasteiger partial charge in [-0.25, -0.2) is 4.98 Å². The molecule has 0 saturated carbocycles. The van der Waals surface area contributed by atoms with E-state index in [9.17, 15) is 0 Å². The van der Waals surface area contributed by atoms with E-state index in [-0.39, 0.29) is 0 Å². The quantitative estimate of drug-likeness (QED) is 0.272. The SMILES string of the molecule is CCCCc1nc2cc(-c3ccccc3)ncc2n1Cc1ccc(-c2ccccc2-c2nn[nH]n2)cc1. The first-order chi connectivity index (χ1) is 18.3. The van der Waals surface area contributed by atoms with Crippen molar-refractivity contribution in [2.75, 3.05) is 0 Å². The second kappa shape index (κ2) is 10.1. The lowest BCUT2D eigenvalue weighted by Gasteiger charge is -2.11. The minimum absolute atomic E-state index is 0.590. The molecule has 0 fully saturated rings. The van der Waals surface area contributed by atoms with Gasteiger partial charge in [0.25, 0.3) is 0 Å². The summed E-state index contributed by atoms with van der Waals surface area (Å²) in [5.74, 6) is 1.70. The molecule has 0 unspecified atom stereocenters. The summed E-state index contributed by atoms with van der Waals surface area (Å²) in [6.45, 7) is 2.96. The van der Waals surface area contributed by atoms with Crippen molar-refractivity contribution in [3.05, 3.63) is 103 Å². The van der Waals surface area contributed by atoms with Crippen molar-refractivity contribution in [3.63, 3.8) is 0 Å². The van der Waals surface area contributed by atoms with E-state index in [1.807, 2.05) is 42.6 Å². The van der Waals surface area contributed by atoms with Crippen LogP contribution in [0.4, 0.5) is 0 Å². The number of aromatic nitrogens is 7. The zero-order chi connectivity index (χ0) is 25.0. The van der Waals surface area contributed by atoms with Gasteiger partial charge in [-0.15, -0.1) is 10.2 Å². The van der Waals surface area contributed by atoms with Crippen molar-refractivity contribution in [3.8, 4) is 33.8 Å². The van der Waals surface area contributed by atoms with Gasteiger partial charge < -0.3 is 4.57 Å². The van der Waals surface area contributed by atoms with E-state index in [1.165, 1.54) is 5.56 Å². The molecule has 0 spiro atoms. The number of hydrogen-bond donors (Lipinski definition) is 1. The number of hydrogen-bond acceptors (Lipinski definition) is 5. The number of nitrogens with one attached hydrogen (secondary N) is 1. The number of nitrogens with zero attached hydrogens (tertiary/aromatic N) is 6. The predicted molar refractivity (Wildman–Crippen MR) is 146 cm³/mol. The summed E-state index contributed by atoms with van der Waals surface area (Å²) < 4.78 is 2.31. The molecule has 3 aromatic heterocycles. The smallest absolute Gasteiger partial charge is 0.205 e. The second-order valence-electron chi connectivity index (χ2n) is 9.12. The molecule has 0 radical (unpaired) electrons. The highest BCUT2D eigenvalue weighted by molar-refractivity contribution is 5.81. The lowest BCUT2D eigenvalue weighted by atomic mass is 9.98. The van der Waals surface area contributed by atoms with Gasteiger partial charge in [0.2, 0.25) is 5.82 Å². The number of aromatic amines is 1. The van der Waals surface area contributed by atoms with E-state index in [0.29, 0.717) is 5.82 Å². The maximum atomic E-state index is 5.04. The standard InChI is InChI=1S/C30H27N7/c1-2-3-13-29-32-27-18-26(23-9-5-4-6-10-23)31-19-28(27)37(29)20-21-14-16-22(17-15-21)24-11-7-8-12-25(24)30-33-35-36-34-30/h4-12,14-19H,2-3,13,20H2,1H3,(H,33,34,35,36). The summed E-state index contributed by atoms with van der Waals surface area (Å²) in [5.41, 5.74) is 8.46. The number of rotatable bonds is 8. The van der Waals surface area contributed by atoms with Gasteiger partial charge in [-0.1, -0.05) is 92.2 Å². The van der Waals surface area contributed by atoms with E-state index in [4.69, 9.17) is 9.97 Å². The van der Waals surface area contributed by atoms with Crippen LogP contribution in [0.3, 0.4) is 0 Å². The third-order valence-corrected chi connectivity index (χ3v) is 6.66. The minimum atomic E-state index is 0.590. The molecule has 7 nitrogen and oxygen atoms in total. The molecular formula is C30H27N7. The minimum Gasteiger partial charge on any atom is -0.322 e. The second-order valence-corrected chi connectivity index (χ2v) is 9.12. The van der Waals surface area contributed by atoms with Crippen molar-refractivity contribution in [1.29, 1.82) is 0 Å². The monoisotopic (exact) mass is 485 g/mol. The molecule has 3 heterocycles. The van der Waals surface area contributed by atoms with Crippen molar-refractivity contribution in [1.82, 2.24) is 35.2 Å². The number of aryl methyl sites for hydroxylation is 1. The molecule has 182 valence electrons. The Kier molecular flexibility index (Phi) is 6.25. The molecule has 0 aliphatic rings. The van der Waals surface area contributed by atoms with Crippen LogP contribution in [0.1, 0.15) is 31.2 Å². The first-order valence-electron chi connectivity index (χ1n) is 12.6.